The zero-order valence-electron chi connectivity index (χ0n) is 10.1. The Kier molecular flexibility index (Phi) is 4.41. The molecule has 1 rings (SSSR count). The molecule has 2 N–H and O–H groups in total. The summed E-state index contributed by atoms with van der Waals surface area (Å²) in [5, 5.41) is 0. The number of nitrogens with two attached hydrogens (primary N) is 1. The van der Waals surface area contributed by atoms with Crippen molar-refractivity contribution in [3.8, 4) is 0 Å². The summed E-state index contributed by atoms with van der Waals surface area (Å²) in [7, 11) is 1.20. The highest BCUT2D eigenvalue weighted by atomic mass is 19.4. The highest BCUT2D eigenvalue weighted by molar-refractivity contribution is 5.79. The van der Waals surface area contributed by atoms with Crippen molar-refractivity contribution in [3.05, 3.63) is 0 Å². The summed E-state index contributed by atoms with van der Waals surface area (Å²) in [6.07, 6.45) is -2.21. The maximum atomic E-state index is 12.2. The van der Waals surface area contributed by atoms with Crippen LogP contribution in [0.3, 0.4) is 0 Å². The van der Waals surface area contributed by atoms with Crippen LogP contribution >= 0.6 is 0 Å². The first-order chi connectivity index (χ1) is 7.70. The van der Waals surface area contributed by atoms with E-state index in [4.69, 9.17) is 5.73 Å². The van der Waals surface area contributed by atoms with Gasteiger partial charge in [-0.25, -0.2) is 0 Å². The van der Waals surface area contributed by atoms with Crippen molar-refractivity contribution in [1.29, 1.82) is 0 Å². The maximum Gasteiger partial charge on any atom is 0.406 e. The minimum absolute atomic E-state index is 0.0700. The van der Waals surface area contributed by atoms with Crippen molar-refractivity contribution in [2.45, 2.75) is 38.4 Å². The molecule has 0 aliphatic heterocycles. The Morgan fingerprint density at radius 3 is 2.53 bits per heavy atom. The van der Waals surface area contributed by atoms with Gasteiger partial charge >= 0.3 is 6.18 Å². The molecule has 1 amide bonds. The van der Waals surface area contributed by atoms with E-state index in [0.717, 1.165) is 17.7 Å². The molecule has 0 saturated heterocycles. The van der Waals surface area contributed by atoms with Gasteiger partial charge in [0.1, 0.15) is 6.54 Å². The first-order valence-corrected chi connectivity index (χ1v) is 5.78. The molecule has 0 heterocycles. The minimum Gasteiger partial charge on any atom is -0.336 e. The summed E-state index contributed by atoms with van der Waals surface area (Å²) in [6.45, 7) is 0.708. The molecule has 0 aromatic rings. The van der Waals surface area contributed by atoms with E-state index in [1.807, 2.05) is 6.92 Å². The fraction of sp³-hybridized carbons (Fsp3) is 0.909. The molecule has 0 aromatic heterocycles. The summed E-state index contributed by atoms with van der Waals surface area (Å²) in [4.78, 5) is 12.7. The lowest BCUT2D eigenvalue weighted by Gasteiger charge is -2.34. The third-order valence-corrected chi connectivity index (χ3v) is 3.35. The van der Waals surface area contributed by atoms with Gasteiger partial charge in [0.05, 0.1) is 0 Å². The summed E-state index contributed by atoms with van der Waals surface area (Å²) in [5.74, 6) is -0.700. The monoisotopic (exact) mass is 252 g/mol. The second-order valence-corrected chi connectivity index (χ2v) is 4.97. The molecule has 1 aliphatic carbocycles. The van der Waals surface area contributed by atoms with Gasteiger partial charge in [-0.15, -0.1) is 0 Å². The lowest BCUT2D eigenvalue weighted by Crippen LogP contribution is -2.45. The molecule has 0 radical (unpaired) electrons. The van der Waals surface area contributed by atoms with Crippen molar-refractivity contribution in [2.75, 3.05) is 13.6 Å². The molecule has 3 unspecified atom stereocenters. The van der Waals surface area contributed by atoms with Crippen LogP contribution in [0.5, 0.6) is 0 Å². The van der Waals surface area contributed by atoms with E-state index >= 15 is 0 Å². The molecule has 1 fully saturated rings. The summed E-state index contributed by atoms with van der Waals surface area (Å²) in [5.41, 5.74) is 5.76. The number of hydrogen-bond donors (Lipinski definition) is 1. The molecule has 0 spiro atoms. The van der Waals surface area contributed by atoms with Gasteiger partial charge < -0.3 is 10.6 Å². The minimum atomic E-state index is -4.34. The van der Waals surface area contributed by atoms with E-state index in [0.29, 0.717) is 6.42 Å². The number of halogens is 3. The summed E-state index contributed by atoms with van der Waals surface area (Å²) >= 11 is 0. The largest absolute Gasteiger partial charge is 0.406 e. The molecule has 6 heteroatoms. The van der Waals surface area contributed by atoms with Crippen molar-refractivity contribution in [1.82, 2.24) is 4.90 Å². The van der Waals surface area contributed by atoms with Crippen LogP contribution in [-0.4, -0.2) is 36.6 Å². The third-order valence-electron chi connectivity index (χ3n) is 3.35. The standard InChI is InChI=1S/C11H19F3N2O/c1-7-3-4-8(15)5-9(7)10(17)16(2)6-11(12,13)14/h7-9H,3-6,15H2,1-2H3. The normalized spacial score (nSPS) is 30.1. The lowest BCUT2D eigenvalue weighted by atomic mass is 9.77. The Morgan fingerprint density at radius 1 is 1.41 bits per heavy atom. The van der Waals surface area contributed by atoms with Gasteiger partial charge in [-0.05, 0) is 25.2 Å². The van der Waals surface area contributed by atoms with Crippen molar-refractivity contribution >= 4 is 5.91 Å². The first kappa shape index (κ1) is 14.3. The summed E-state index contributed by atoms with van der Waals surface area (Å²) in [6, 6.07) is -0.0700. The molecule has 1 saturated carbocycles. The van der Waals surface area contributed by atoms with E-state index in [9.17, 15) is 18.0 Å². The maximum absolute atomic E-state index is 12.2. The number of carbonyl (C=O) groups is 1. The van der Waals surface area contributed by atoms with Crippen LogP contribution in [0.25, 0.3) is 0 Å². The van der Waals surface area contributed by atoms with E-state index < -0.39 is 18.6 Å². The Morgan fingerprint density at radius 2 is 2.00 bits per heavy atom. The molecule has 17 heavy (non-hydrogen) atoms. The Hall–Kier alpha value is -0.780. The SMILES string of the molecule is CC1CCC(N)CC1C(=O)N(C)CC(F)(F)F. The van der Waals surface area contributed by atoms with Crippen molar-refractivity contribution < 1.29 is 18.0 Å². The predicted molar refractivity (Wildman–Crippen MR) is 58.2 cm³/mol. The fourth-order valence-electron chi connectivity index (χ4n) is 2.33. The van der Waals surface area contributed by atoms with Crippen LogP contribution in [0.4, 0.5) is 13.2 Å². The van der Waals surface area contributed by atoms with Gasteiger partial charge in [-0.2, -0.15) is 13.2 Å². The number of hydrogen-bond acceptors (Lipinski definition) is 2. The van der Waals surface area contributed by atoms with Crippen LogP contribution in [0, 0.1) is 11.8 Å². The van der Waals surface area contributed by atoms with Crippen molar-refractivity contribution in [2.24, 2.45) is 17.6 Å². The number of nitrogens with zero attached hydrogens (tertiary/aromatic N) is 1. The van der Waals surface area contributed by atoms with E-state index in [1.165, 1.54) is 7.05 Å². The number of alkyl halides is 3. The number of rotatable bonds is 2. The molecule has 0 aromatic carbocycles. The quantitative estimate of drug-likeness (QED) is 0.814. The van der Waals surface area contributed by atoms with Gasteiger partial charge in [0.25, 0.3) is 0 Å². The number of carbonyl (C=O) groups excluding carboxylic acids is 1. The highest BCUT2D eigenvalue weighted by Crippen LogP contribution is 2.31. The van der Waals surface area contributed by atoms with Crippen LogP contribution in [0.2, 0.25) is 0 Å². The van der Waals surface area contributed by atoms with Gasteiger partial charge in [0.2, 0.25) is 5.91 Å². The molecule has 3 atom stereocenters. The molecule has 3 nitrogen and oxygen atoms in total. The van der Waals surface area contributed by atoms with E-state index in [-0.39, 0.29) is 17.9 Å². The van der Waals surface area contributed by atoms with Gasteiger partial charge in [0.15, 0.2) is 0 Å². The molecular weight excluding hydrogens is 233 g/mol. The van der Waals surface area contributed by atoms with E-state index in [1.54, 1.807) is 0 Å². The second kappa shape index (κ2) is 5.25. The van der Waals surface area contributed by atoms with Crippen LogP contribution in [0.1, 0.15) is 26.2 Å². The highest BCUT2D eigenvalue weighted by Gasteiger charge is 2.37. The lowest BCUT2D eigenvalue weighted by molar-refractivity contribution is -0.162. The topological polar surface area (TPSA) is 46.3 Å². The number of amides is 1. The first-order valence-electron chi connectivity index (χ1n) is 5.78. The molecule has 1 aliphatic rings. The molecular formula is C11H19F3N2O. The molecule has 100 valence electrons. The zero-order valence-corrected chi connectivity index (χ0v) is 10.1. The van der Waals surface area contributed by atoms with Gasteiger partial charge in [-0.1, -0.05) is 6.92 Å². The average molecular weight is 252 g/mol. The van der Waals surface area contributed by atoms with Crippen LogP contribution in [0.15, 0.2) is 0 Å². The fourth-order valence-corrected chi connectivity index (χ4v) is 2.33. The summed E-state index contributed by atoms with van der Waals surface area (Å²) < 4.78 is 36.6. The Balaban J connectivity index is 2.61. The van der Waals surface area contributed by atoms with Gasteiger partial charge in [-0.3, -0.25) is 4.79 Å². The van der Waals surface area contributed by atoms with Crippen molar-refractivity contribution in [3.63, 3.8) is 0 Å². The van der Waals surface area contributed by atoms with Crippen LogP contribution in [-0.2, 0) is 4.79 Å². The zero-order chi connectivity index (χ0) is 13.2. The molecule has 0 bridgehead atoms. The Labute approximate surface area is 99.1 Å². The van der Waals surface area contributed by atoms with E-state index in [2.05, 4.69) is 0 Å². The predicted octanol–water partition coefficient (Wildman–Crippen LogP) is 1.77. The third kappa shape index (κ3) is 4.18. The average Bonchev–Trinajstić information content (AvgIpc) is 2.18. The smallest absolute Gasteiger partial charge is 0.336 e. The Bertz CT molecular complexity index is 280. The second-order valence-electron chi connectivity index (χ2n) is 4.97. The van der Waals surface area contributed by atoms with Gasteiger partial charge in [0, 0.05) is 19.0 Å². The van der Waals surface area contributed by atoms with Crippen LogP contribution < -0.4 is 5.73 Å².